The number of aromatic hydroxyl groups is 1. The smallest absolute Gasteiger partial charge is 0.116 e. The molecule has 3 nitrogen and oxygen atoms in total. The number of phenolic OH excluding ortho intramolecular Hbond substituents is 1. The molecule has 1 heterocycles. The van der Waals surface area contributed by atoms with Crippen LogP contribution in [-0.4, -0.2) is 9.67 Å². The summed E-state index contributed by atoms with van der Waals surface area (Å²) in [5.41, 5.74) is 7.54. The lowest BCUT2D eigenvalue weighted by Gasteiger charge is -2.09. The van der Waals surface area contributed by atoms with Crippen molar-refractivity contribution in [2.24, 2.45) is 5.73 Å². The Bertz CT molecular complexity index is 421. The lowest BCUT2D eigenvalue weighted by molar-refractivity contribution is 0.474. The second-order valence-corrected chi connectivity index (χ2v) is 3.11. The van der Waals surface area contributed by atoms with Crippen LogP contribution in [0.3, 0.4) is 0 Å². The summed E-state index contributed by atoms with van der Waals surface area (Å²) in [5.74, 6) is 0.251. The third-order valence-corrected chi connectivity index (χ3v) is 2.17. The summed E-state index contributed by atoms with van der Waals surface area (Å²) in [6, 6.07) is 9.11. The molecule has 0 saturated heterocycles. The molecular formula is C11H12N2O. The summed E-state index contributed by atoms with van der Waals surface area (Å²) >= 11 is 0. The Hall–Kier alpha value is -1.74. The zero-order chi connectivity index (χ0) is 9.97. The number of hydrogen-bond acceptors (Lipinski definition) is 2. The number of rotatable bonds is 2. The summed E-state index contributed by atoms with van der Waals surface area (Å²) in [6.45, 7) is 0.419. The summed E-state index contributed by atoms with van der Waals surface area (Å²) in [6.07, 6.45) is 3.90. The first-order valence-electron chi connectivity index (χ1n) is 4.46. The summed E-state index contributed by atoms with van der Waals surface area (Å²) in [5, 5.41) is 9.30. The Balaban J connectivity index is 2.53. The number of benzene rings is 1. The molecule has 0 radical (unpaired) electrons. The van der Waals surface area contributed by atoms with Crippen molar-refractivity contribution in [2.45, 2.75) is 6.54 Å². The van der Waals surface area contributed by atoms with Crippen molar-refractivity contribution < 1.29 is 5.11 Å². The Morgan fingerprint density at radius 2 is 1.93 bits per heavy atom. The van der Waals surface area contributed by atoms with E-state index in [4.69, 9.17) is 5.73 Å². The van der Waals surface area contributed by atoms with Crippen molar-refractivity contribution >= 4 is 0 Å². The maximum absolute atomic E-state index is 9.30. The molecule has 2 aromatic rings. The Labute approximate surface area is 82.4 Å². The minimum atomic E-state index is 0.251. The molecule has 3 heteroatoms. The molecule has 2 rings (SSSR count). The number of aromatic nitrogens is 1. The molecule has 0 atom stereocenters. The van der Waals surface area contributed by atoms with Crippen molar-refractivity contribution in [2.75, 3.05) is 0 Å². The van der Waals surface area contributed by atoms with Gasteiger partial charge in [-0.25, -0.2) is 0 Å². The van der Waals surface area contributed by atoms with Crippen molar-refractivity contribution in [3.63, 3.8) is 0 Å². The van der Waals surface area contributed by atoms with Gasteiger partial charge in [0.05, 0.1) is 0 Å². The summed E-state index contributed by atoms with van der Waals surface area (Å²) in [7, 11) is 0. The van der Waals surface area contributed by atoms with Crippen LogP contribution in [0.15, 0.2) is 42.7 Å². The second-order valence-electron chi connectivity index (χ2n) is 3.11. The van der Waals surface area contributed by atoms with Gasteiger partial charge in [-0.3, -0.25) is 0 Å². The number of nitrogens with zero attached hydrogens (tertiary/aromatic N) is 1. The summed E-state index contributed by atoms with van der Waals surface area (Å²) in [4.78, 5) is 0. The van der Waals surface area contributed by atoms with Gasteiger partial charge in [0.15, 0.2) is 0 Å². The molecular weight excluding hydrogens is 176 g/mol. The average molecular weight is 188 g/mol. The molecule has 0 unspecified atom stereocenters. The van der Waals surface area contributed by atoms with E-state index in [1.54, 1.807) is 12.1 Å². The first-order chi connectivity index (χ1) is 6.81. The topological polar surface area (TPSA) is 51.2 Å². The van der Waals surface area contributed by atoms with Crippen LogP contribution in [0.5, 0.6) is 5.75 Å². The van der Waals surface area contributed by atoms with Gasteiger partial charge in [0, 0.05) is 24.6 Å². The highest BCUT2D eigenvalue weighted by Crippen LogP contribution is 2.19. The molecule has 0 saturated carbocycles. The van der Waals surface area contributed by atoms with E-state index in [1.807, 2.05) is 35.2 Å². The molecule has 0 aliphatic rings. The van der Waals surface area contributed by atoms with Gasteiger partial charge >= 0.3 is 0 Å². The molecule has 0 aliphatic carbocycles. The standard InChI is InChI=1S/C11H12N2O/c12-8-9-7-10(14)3-4-11(9)13-5-1-2-6-13/h1-7,14H,8,12H2. The molecule has 0 aliphatic heterocycles. The van der Waals surface area contributed by atoms with E-state index < -0.39 is 0 Å². The van der Waals surface area contributed by atoms with E-state index in [2.05, 4.69) is 0 Å². The third kappa shape index (κ3) is 1.49. The van der Waals surface area contributed by atoms with E-state index in [9.17, 15) is 5.11 Å². The number of phenols is 1. The summed E-state index contributed by atoms with van der Waals surface area (Å²) < 4.78 is 1.97. The minimum absolute atomic E-state index is 0.251. The molecule has 1 aromatic heterocycles. The van der Waals surface area contributed by atoms with Gasteiger partial charge in [0.2, 0.25) is 0 Å². The molecule has 1 aromatic carbocycles. The lowest BCUT2D eigenvalue weighted by Crippen LogP contribution is -2.02. The predicted molar refractivity (Wildman–Crippen MR) is 55.3 cm³/mol. The van der Waals surface area contributed by atoms with Gasteiger partial charge in [-0.1, -0.05) is 0 Å². The Morgan fingerprint density at radius 1 is 1.21 bits per heavy atom. The van der Waals surface area contributed by atoms with Gasteiger partial charge in [-0.15, -0.1) is 0 Å². The zero-order valence-electron chi connectivity index (χ0n) is 7.72. The zero-order valence-corrected chi connectivity index (χ0v) is 7.72. The fourth-order valence-electron chi connectivity index (χ4n) is 1.48. The molecule has 14 heavy (non-hydrogen) atoms. The second kappa shape index (κ2) is 3.55. The molecule has 0 spiro atoms. The van der Waals surface area contributed by atoms with Crippen LogP contribution < -0.4 is 5.73 Å². The quantitative estimate of drug-likeness (QED) is 0.752. The largest absolute Gasteiger partial charge is 0.508 e. The van der Waals surface area contributed by atoms with Crippen LogP contribution in [0.25, 0.3) is 5.69 Å². The van der Waals surface area contributed by atoms with Crippen LogP contribution in [0.4, 0.5) is 0 Å². The van der Waals surface area contributed by atoms with Crippen LogP contribution in [0, 0.1) is 0 Å². The third-order valence-electron chi connectivity index (χ3n) is 2.17. The molecule has 72 valence electrons. The van der Waals surface area contributed by atoms with Gasteiger partial charge in [-0.05, 0) is 35.9 Å². The molecule has 3 N–H and O–H groups in total. The van der Waals surface area contributed by atoms with E-state index in [0.717, 1.165) is 11.3 Å². The van der Waals surface area contributed by atoms with Crippen molar-refractivity contribution in [3.05, 3.63) is 48.3 Å². The van der Waals surface area contributed by atoms with Gasteiger partial charge in [-0.2, -0.15) is 0 Å². The van der Waals surface area contributed by atoms with Crippen LogP contribution in [0.1, 0.15) is 5.56 Å². The van der Waals surface area contributed by atoms with Gasteiger partial charge in [0.25, 0.3) is 0 Å². The highest BCUT2D eigenvalue weighted by molar-refractivity contribution is 5.45. The molecule has 0 bridgehead atoms. The Kier molecular flexibility index (Phi) is 2.24. The Morgan fingerprint density at radius 3 is 2.57 bits per heavy atom. The van der Waals surface area contributed by atoms with Gasteiger partial charge < -0.3 is 15.4 Å². The average Bonchev–Trinajstić information content (AvgIpc) is 2.70. The lowest BCUT2D eigenvalue weighted by atomic mass is 10.1. The van der Waals surface area contributed by atoms with Crippen LogP contribution in [-0.2, 0) is 6.54 Å². The highest BCUT2D eigenvalue weighted by Gasteiger charge is 2.02. The normalized spacial score (nSPS) is 10.4. The minimum Gasteiger partial charge on any atom is -0.508 e. The first-order valence-corrected chi connectivity index (χ1v) is 4.46. The van der Waals surface area contributed by atoms with Crippen LogP contribution >= 0.6 is 0 Å². The van der Waals surface area contributed by atoms with Gasteiger partial charge in [0.1, 0.15) is 5.75 Å². The highest BCUT2D eigenvalue weighted by atomic mass is 16.3. The fourth-order valence-corrected chi connectivity index (χ4v) is 1.48. The van der Waals surface area contributed by atoms with E-state index in [1.165, 1.54) is 0 Å². The maximum atomic E-state index is 9.30. The first kappa shape index (κ1) is 8.84. The number of nitrogens with two attached hydrogens (primary N) is 1. The van der Waals surface area contributed by atoms with E-state index in [0.29, 0.717) is 6.54 Å². The van der Waals surface area contributed by atoms with Crippen molar-refractivity contribution in [1.29, 1.82) is 0 Å². The monoisotopic (exact) mass is 188 g/mol. The number of hydrogen-bond donors (Lipinski definition) is 2. The fraction of sp³-hybridized carbons (Fsp3) is 0.0909. The van der Waals surface area contributed by atoms with Crippen molar-refractivity contribution in [3.8, 4) is 11.4 Å². The molecule has 0 amide bonds. The van der Waals surface area contributed by atoms with E-state index >= 15 is 0 Å². The predicted octanol–water partition coefficient (Wildman–Crippen LogP) is 1.64. The maximum Gasteiger partial charge on any atom is 0.116 e. The molecule has 0 fully saturated rings. The van der Waals surface area contributed by atoms with Crippen molar-refractivity contribution in [1.82, 2.24) is 4.57 Å². The van der Waals surface area contributed by atoms with Crippen LogP contribution in [0.2, 0.25) is 0 Å². The SMILES string of the molecule is NCc1cc(O)ccc1-n1cccc1. The van der Waals surface area contributed by atoms with E-state index in [-0.39, 0.29) is 5.75 Å².